The Labute approximate surface area is 179 Å². The Balaban J connectivity index is 2.27. The molecule has 2 aromatic carbocycles. The van der Waals surface area contributed by atoms with Gasteiger partial charge in [0.05, 0.1) is 28.2 Å². The van der Waals surface area contributed by atoms with Crippen LogP contribution in [0.4, 0.5) is 10.5 Å². The first kappa shape index (κ1) is 23.1. The van der Waals surface area contributed by atoms with Gasteiger partial charge in [-0.15, -0.1) is 0 Å². The summed E-state index contributed by atoms with van der Waals surface area (Å²) < 4.78 is 30.3. The van der Waals surface area contributed by atoms with Gasteiger partial charge in [-0.05, 0) is 50.2 Å². The summed E-state index contributed by atoms with van der Waals surface area (Å²) >= 11 is 5.79. The molecular formula is C20H20ClN3O5S. The second-order valence-corrected chi connectivity index (χ2v) is 8.11. The summed E-state index contributed by atoms with van der Waals surface area (Å²) in [6.45, 7) is 3.00. The number of carbonyl (C=O) groups excluding carboxylic acids is 2. The highest BCUT2D eigenvalue weighted by Gasteiger charge is 2.21. The van der Waals surface area contributed by atoms with Gasteiger partial charge in [-0.3, -0.25) is 0 Å². The molecule has 0 fully saturated rings. The predicted octanol–water partition coefficient (Wildman–Crippen LogP) is 3.76. The largest absolute Gasteiger partial charge is 0.462 e. The molecule has 10 heteroatoms. The van der Waals surface area contributed by atoms with Crippen LogP contribution in [0.5, 0.6) is 0 Å². The summed E-state index contributed by atoms with van der Waals surface area (Å²) in [6.07, 6.45) is 0. The smallest absolute Gasteiger partial charge is 0.340 e. The molecule has 0 aliphatic carbocycles. The molecule has 0 aliphatic rings. The molecule has 158 valence electrons. The van der Waals surface area contributed by atoms with Crippen LogP contribution in [0.2, 0.25) is 5.02 Å². The number of carbonyl (C=O) groups is 2. The topological polar surface area (TPSA) is 114 Å². The van der Waals surface area contributed by atoms with Crippen LogP contribution in [0.15, 0.2) is 75.6 Å². The van der Waals surface area contributed by atoms with Crippen molar-refractivity contribution in [2.75, 3.05) is 11.9 Å². The fourth-order valence-electron chi connectivity index (χ4n) is 2.21. The lowest BCUT2D eigenvalue weighted by atomic mass is 10.2. The standard InChI is InChI=1S/C20H20ClN3O5S/c1-3-29-19(25)18(13-30(27,28)17-11-9-15(21)10-12-17)14(2)23-24-20(26)22-16-7-5-4-6-8-16/h4-13H,3H2,1-2H3,(H2,22,24,26)/b18-13+,23-14+. The Kier molecular flexibility index (Phi) is 8.14. The quantitative estimate of drug-likeness (QED) is 0.289. The molecule has 0 saturated heterocycles. The molecule has 0 aliphatic heterocycles. The number of anilines is 1. The highest BCUT2D eigenvalue weighted by Crippen LogP contribution is 2.18. The zero-order valence-corrected chi connectivity index (χ0v) is 17.8. The summed E-state index contributed by atoms with van der Waals surface area (Å²) in [5.41, 5.74) is 2.39. The first-order valence-corrected chi connectivity index (χ1v) is 10.7. The van der Waals surface area contributed by atoms with Crippen LogP contribution in [-0.4, -0.2) is 32.7 Å². The van der Waals surface area contributed by atoms with Crippen LogP contribution in [0.1, 0.15) is 13.8 Å². The van der Waals surface area contributed by atoms with E-state index < -0.39 is 21.8 Å². The summed E-state index contributed by atoms with van der Waals surface area (Å²) in [5, 5.41) is 7.49. The van der Waals surface area contributed by atoms with Crippen LogP contribution >= 0.6 is 11.6 Å². The maximum atomic E-state index is 12.7. The minimum atomic E-state index is -4.00. The number of urea groups is 1. The Bertz CT molecular complexity index is 1070. The van der Waals surface area contributed by atoms with Gasteiger partial charge in [0.2, 0.25) is 9.84 Å². The summed E-state index contributed by atoms with van der Waals surface area (Å²) in [6, 6.07) is 13.4. The number of halogens is 1. The normalized spacial score (nSPS) is 12.2. The highest BCUT2D eigenvalue weighted by molar-refractivity contribution is 7.94. The number of rotatable bonds is 7. The van der Waals surface area contributed by atoms with Crippen molar-refractivity contribution in [2.45, 2.75) is 18.7 Å². The van der Waals surface area contributed by atoms with Gasteiger partial charge < -0.3 is 10.1 Å². The number of esters is 1. The molecule has 8 nitrogen and oxygen atoms in total. The Morgan fingerprint density at radius 3 is 2.33 bits per heavy atom. The van der Waals surface area contributed by atoms with Gasteiger partial charge in [-0.2, -0.15) is 5.10 Å². The van der Waals surface area contributed by atoms with E-state index in [-0.39, 0.29) is 22.8 Å². The van der Waals surface area contributed by atoms with E-state index in [1.165, 1.54) is 31.2 Å². The first-order valence-electron chi connectivity index (χ1n) is 8.79. The second-order valence-electron chi connectivity index (χ2n) is 5.88. The van der Waals surface area contributed by atoms with E-state index in [4.69, 9.17) is 16.3 Å². The number of nitrogens with one attached hydrogen (secondary N) is 2. The molecule has 0 radical (unpaired) electrons. The fraction of sp³-hybridized carbons (Fsp3) is 0.150. The molecule has 30 heavy (non-hydrogen) atoms. The molecular weight excluding hydrogens is 430 g/mol. The third-order valence-corrected chi connectivity index (χ3v) is 5.38. The van der Waals surface area contributed by atoms with Crippen molar-refractivity contribution in [2.24, 2.45) is 5.10 Å². The van der Waals surface area contributed by atoms with Gasteiger partial charge in [0, 0.05) is 10.7 Å². The lowest BCUT2D eigenvalue weighted by molar-refractivity contribution is -0.137. The maximum absolute atomic E-state index is 12.7. The van der Waals surface area contributed by atoms with Crippen LogP contribution in [0.25, 0.3) is 0 Å². The number of sulfone groups is 1. The SMILES string of the molecule is CCOC(=O)C(=C/S(=O)(=O)c1ccc(Cl)cc1)/C(C)=N/NC(=O)Nc1ccccc1. The Morgan fingerprint density at radius 1 is 1.10 bits per heavy atom. The zero-order valence-electron chi connectivity index (χ0n) is 16.3. The van der Waals surface area contributed by atoms with Gasteiger partial charge in [0.25, 0.3) is 0 Å². The monoisotopic (exact) mass is 449 g/mol. The van der Waals surface area contributed by atoms with E-state index in [9.17, 15) is 18.0 Å². The van der Waals surface area contributed by atoms with E-state index in [1.807, 2.05) is 0 Å². The molecule has 2 aromatic rings. The van der Waals surface area contributed by atoms with Crippen molar-refractivity contribution in [3.63, 3.8) is 0 Å². The third kappa shape index (κ3) is 6.71. The van der Waals surface area contributed by atoms with E-state index in [2.05, 4.69) is 15.8 Å². The van der Waals surface area contributed by atoms with E-state index in [1.54, 1.807) is 37.3 Å². The molecule has 0 heterocycles. The second kappa shape index (κ2) is 10.6. The third-order valence-electron chi connectivity index (χ3n) is 3.66. The molecule has 2 N–H and O–H groups in total. The number of nitrogens with zero attached hydrogens (tertiary/aromatic N) is 1. The zero-order chi connectivity index (χ0) is 22.1. The average molecular weight is 450 g/mol. The van der Waals surface area contributed by atoms with Crippen molar-refractivity contribution >= 4 is 44.8 Å². The average Bonchev–Trinajstić information content (AvgIpc) is 2.71. The lowest BCUT2D eigenvalue weighted by Crippen LogP contribution is -2.26. The summed E-state index contributed by atoms with van der Waals surface area (Å²) in [4.78, 5) is 24.2. The first-order chi connectivity index (χ1) is 14.2. The number of amides is 2. The van der Waals surface area contributed by atoms with Crippen LogP contribution in [0, 0.1) is 0 Å². The number of benzene rings is 2. The van der Waals surface area contributed by atoms with E-state index in [0.717, 1.165) is 5.41 Å². The van der Waals surface area contributed by atoms with Gasteiger partial charge in [0.1, 0.15) is 0 Å². The minimum absolute atomic E-state index is 0.0341. The van der Waals surface area contributed by atoms with E-state index >= 15 is 0 Å². The maximum Gasteiger partial charge on any atom is 0.340 e. The van der Waals surface area contributed by atoms with E-state index in [0.29, 0.717) is 10.7 Å². The lowest BCUT2D eigenvalue weighted by Gasteiger charge is -2.09. The van der Waals surface area contributed by atoms with Crippen molar-refractivity contribution in [1.82, 2.24) is 5.43 Å². The number of ether oxygens (including phenoxy) is 1. The van der Waals surface area contributed by atoms with Crippen LogP contribution < -0.4 is 10.7 Å². The number of para-hydroxylation sites is 1. The van der Waals surface area contributed by atoms with Crippen LogP contribution in [0.3, 0.4) is 0 Å². The molecule has 2 amide bonds. The summed E-state index contributed by atoms with van der Waals surface area (Å²) in [7, 11) is -4.00. The van der Waals surface area contributed by atoms with Crippen molar-refractivity contribution in [3.05, 3.63) is 70.6 Å². The van der Waals surface area contributed by atoms with Crippen molar-refractivity contribution in [1.29, 1.82) is 0 Å². The molecule has 0 spiro atoms. The minimum Gasteiger partial charge on any atom is -0.462 e. The fourth-order valence-corrected chi connectivity index (χ4v) is 3.57. The number of hydrazone groups is 1. The highest BCUT2D eigenvalue weighted by atomic mass is 35.5. The summed E-state index contributed by atoms with van der Waals surface area (Å²) in [5.74, 6) is -0.887. The van der Waals surface area contributed by atoms with Crippen LogP contribution in [-0.2, 0) is 19.4 Å². The molecule has 2 rings (SSSR count). The molecule has 0 aromatic heterocycles. The van der Waals surface area contributed by atoms with Crippen molar-refractivity contribution in [3.8, 4) is 0 Å². The molecule has 0 atom stereocenters. The Morgan fingerprint density at radius 2 is 1.73 bits per heavy atom. The van der Waals surface area contributed by atoms with Gasteiger partial charge in [-0.1, -0.05) is 29.8 Å². The van der Waals surface area contributed by atoms with Gasteiger partial charge in [-0.25, -0.2) is 23.4 Å². The Hall–Kier alpha value is -3.17. The predicted molar refractivity (Wildman–Crippen MR) is 115 cm³/mol. The number of hydrogen-bond acceptors (Lipinski definition) is 6. The molecule has 0 unspecified atom stereocenters. The number of hydrogen-bond donors (Lipinski definition) is 2. The van der Waals surface area contributed by atoms with Gasteiger partial charge >= 0.3 is 12.0 Å². The molecule has 0 saturated carbocycles. The van der Waals surface area contributed by atoms with Gasteiger partial charge in [0.15, 0.2) is 0 Å². The van der Waals surface area contributed by atoms with Crippen molar-refractivity contribution < 1.29 is 22.7 Å². The molecule has 0 bridgehead atoms.